The molecular formula is C16H14FN3O. The molecule has 0 saturated heterocycles. The Hall–Kier alpha value is -2.69. The average molecular weight is 283 g/mol. The summed E-state index contributed by atoms with van der Waals surface area (Å²) in [6, 6.07) is 12.3. The number of benzene rings is 1. The highest BCUT2D eigenvalue weighted by molar-refractivity contribution is 5.94. The number of nitrogens with zero attached hydrogens (tertiary/aromatic N) is 2. The van der Waals surface area contributed by atoms with Crippen LogP contribution in [-0.4, -0.2) is 15.3 Å². The second-order valence-corrected chi connectivity index (χ2v) is 4.79. The number of imidazole rings is 1. The highest BCUT2D eigenvalue weighted by Crippen LogP contribution is 2.13. The van der Waals surface area contributed by atoms with Crippen molar-refractivity contribution in [3.05, 3.63) is 71.4 Å². The van der Waals surface area contributed by atoms with Gasteiger partial charge in [-0.25, -0.2) is 9.37 Å². The van der Waals surface area contributed by atoms with Crippen molar-refractivity contribution in [2.45, 2.75) is 13.5 Å². The Morgan fingerprint density at radius 2 is 2.05 bits per heavy atom. The van der Waals surface area contributed by atoms with E-state index in [0.717, 1.165) is 5.56 Å². The standard InChI is InChI=1S/C16H14FN3O/c1-11-15(20-8-7-13(17)9-14(20)19-11)16(21)18-10-12-5-3-2-4-6-12/h2-9H,10H2,1H3,(H,18,21). The van der Waals surface area contributed by atoms with Crippen LogP contribution in [0.5, 0.6) is 0 Å². The van der Waals surface area contributed by atoms with Gasteiger partial charge in [0.05, 0.1) is 5.69 Å². The molecular weight excluding hydrogens is 269 g/mol. The number of carbonyl (C=O) groups excluding carboxylic acids is 1. The van der Waals surface area contributed by atoms with Crippen molar-refractivity contribution >= 4 is 11.6 Å². The minimum atomic E-state index is -0.372. The smallest absolute Gasteiger partial charge is 0.270 e. The summed E-state index contributed by atoms with van der Waals surface area (Å²) < 4.78 is 14.8. The van der Waals surface area contributed by atoms with E-state index in [4.69, 9.17) is 0 Å². The lowest BCUT2D eigenvalue weighted by Crippen LogP contribution is -2.24. The van der Waals surface area contributed by atoms with Gasteiger partial charge in [-0.2, -0.15) is 0 Å². The Morgan fingerprint density at radius 3 is 2.81 bits per heavy atom. The van der Waals surface area contributed by atoms with Crippen molar-refractivity contribution in [2.75, 3.05) is 0 Å². The molecule has 106 valence electrons. The monoisotopic (exact) mass is 283 g/mol. The van der Waals surface area contributed by atoms with Gasteiger partial charge < -0.3 is 5.32 Å². The number of hydrogen-bond acceptors (Lipinski definition) is 2. The van der Waals surface area contributed by atoms with Crippen LogP contribution in [0.1, 0.15) is 21.7 Å². The Bertz CT molecular complexity index is 796. The summed E-state index contributed by atoms with van der Waals surface area (Å²) in [4.78, 5) is 16.5. The summed E-state index contributed by atoms with van der Waals surface area (Å²) in [5, 5.41) is 2.86. The van der Waals surface area contributed by atoms with Crippen LogP contribution in [-0.2, 0) is 6.54 Å². The van der Waals surface area contributed by atoms with Gasteiger partial charge in [-0.1, -0.05) is 30.3 Å². The van der Waals surface area contributed by atoms with E-state index >= 15 is 0 Å². The van der Waals surface area contributed by atoms with E-state index in [9.17, 15) is 9.18 Å². The molecule has 1 N–H and O–H groups in total. The molecule has 4 nitrogen and oxygen atoms in total. The number of aromatic nitrogens is 2. The first kappa shape index (κ1) is 13.3. The van der Waals surface area contributed by atoms with Crippen molar-refractivity contribution in [1.29, 1.82) is 0 Å². The predicted molar refractivity (Wildman–Crippen MR) is 77.5 cm³/mol. The molecule has 0 radical (unpaired) electrons. The maximum atomic E-state index is 13.2. The SMILES string of the molecule is Cc1nc2cc(F)ccn2c1C(=O)NCc1ccccc1. The second-order valence-electron chi connectivity index (χ2n) is 4.79. The van der Waals surface area contributed by atoms with E-state index in [1.165, 1.54) is 18.3 Å². The topological polar surface area (TPSA) is 46.4 Å². The van der Waals surface area contributed by atoms with Gasteiger partial charge in [-0.15, -0.1) is 0 Å². The van der Waals surface area contributed by atoms with Gasteiger partial charge in [0.15, 0.2) is 0 Å². The van der Waals surface area contributed by atoms with Gasteiger partial charge in [0, 0.05) is 18.8 Å². The first-order chi connectivity index (χ1) is 10.1. The fraction of sp³-hybridized carbons (Fsp3) is 0.125. The first-order valence-electron chi connectivity index (χ1n) is 6.61. The molecule has 0 unspecified atom stereocenters. The lowest BCUT2D eigenvalue weighted by Gasteiger charge is -2.06. The van der Waals surface area contributed by atoms with E-state index in [-0.39, 0.29) is 11.7 Å². The molecule has 0 aliphatic carbocycles. The number of amides is 1. The van der Waals surface area contributed by atoms with Gasteiger partial charge in [-0.3, -0.25) is 9.20 Å². The summed E-state index contributed by atoms with van der Waals surface area (Å²) >= 11 is 0. The Morgan fingerprint density at radius 1 is 1.29 bits per heavy atom. The minimum absolute atomic E-state index is 0.226. The van der Waals surface area contributed by atoms with Crippen molar-refractivity contribution in [1.82, 2.24) is 14.7 Å². The number of rotatable bonds is 3. The Kier molecular flexibility index (Phi) is 3.39. The third kappa shape index (κ3) is 2.63. The summed E-state index contributed by atoms with van der Waals surface area (Å²) in [5.74, 6) is -0.598. The van der Waals surface area contributed by atoms with Crippen molar-refractivity contribution in [3.8, 4) is 0 Å². The van der Waals surface area contributed by atoms with Crippen LogP contribution in [0.3, 0.4) is 0 Å². The zero-order valence-corrected chi connectivity index (χ0v) is 11.5. The average Bonchev–Trinajstić information content (AvgIpc) is 2.81. The summed E-state index contributed by atoms with van der Waals surface area (Å²) in [5.41, 5.74) is 2.45. The molecule has 3 aromatic rings. The van der Waals surface area contributed by atoms with E-state index in [1.54, 1.807) is 11.3 Å². The molecule has 0 aliphatic heterocycles. The second kappa shape index (κ2) is 5.36. The zero-order valence-electron chi connectivity index (χ0n) is 11.5. The molecule has 2 heterocycles. The first-order valence-corrected chi connectivity index (χ1v) is 6.61. The van der Waals surface area contributed by atoms with E-state index in [0.29, 0.717) is 23.6 Å². The number of halogens is 1. The molecule has 21 heavy (non-hydrogen) atoms. The van der Waals surface area contributed by atoms with Crippen LogP contribution < -0.4 is 5.32 Å². The molecule has 0 saturated carbocycles. The molecule has 5 heteroatoms. The van der Waals surface area contributed by atoms with Gasteiger partial charge in [-0.05, 0) is 18.6 Å². The van der Waals surface area contributed by atoms with Crippen molar-refractivity contribution in [2.24, 2.45) is 0 Å². The van der Waals surface area contributed by atoms with E-state index < -0.39 is 0 Å². The van der Waals surface area contributed by atoms with Crippen molar-refractivity contribution in [3.63, 3.8) is 0 Å². The molecule has 2 aromatic heterocycles. The number of hydrogen-bond donors (Lipinski definition) is 1. The molecule has 1 aromatic carbocycles. The highest BCUT2D eigenvalue weighted by atomic mass is 19.1. The maximum absolute atomic E-state index is 13.2. The Balaban J connectivity index is 1.86. The van der Waals surface area contributed by atoms with Gasteiger partial charge >= 0.3 is 0 Å². The van der Waals surface area contributed by atoms with Crippen LogP contribution in [0.4, 0.5) is 4.39 Å². The lowest BCUT2D eigenvalue weighted by atomic mass is 10.2. The minimum Gasteiger partial charge on any atom is -0.347 e. The van der Waals surface area contributed by atoms with Crippen molar-refractivity contribution < 1.29 is 9.18 Å². The van der Waals surface area contributed by atoms with Gasteiger partial charge in [0.1, 0.15) is 17.2 Å². The van der Waals surface area contributed by atoms with Crippen LogP contribution in [0.15, 0.2) is 48.7 Å². The lowest BCUT2D eigenvalue weighted by molar-refractivity contribution is 0.0944. The fourth-order valence-corrected chi connectivity index (χ4v) is 2.27. The normalized spacial score (nSPS) is 10.8. The molecule has 0 spiro atoms. The van der Waals surface area contributed by atoms with Gasteiger partial charge in [0.2, 0.25) is 0 Å². The third-order valence-electron chi connectivity index (χ3n) is 3.27. The van der Waals surface area contributed by atoms with Crippen LogP contribution in [0, 0.1) is 12.7 Å². The van der Waals surface area contributed by atoms with E-state index in [1.807, 2.05) is 30.3 Å². The summed E-state index contributed by atoms with van der Waals surface area (Å²) in [6.45, 7) is 2.18. The van der Waals surface area contributed by atoms with Crippen LogP contribution in [0.25, 0.3) is 5.65 Å². The van der Waals surface area contributed by atoms with E-state index in [2.05, 4.69) is 10.3 Å². The third-order valence-corrected chi connectivity index (χ3v) is 3.27. The highest BCUT2D eigenvalue weighted by Gasteiger charge is 2.16. The number of carbonyl (C=O) groups is 1. The van der Waals surface area contributed by atoms with Crippen LogP contribution in [0.2, 0.25) is 0 Å². The maximum Gasteiger partial charge on any atom is 0.270 e. The molecule has 0 aliphatic rings. The largest absolute Gasteiger partial charge is 0.347 e. The molecule has 3 rings (SSSR count). The molecule has 0 fully saturated rings. The number of aryl methyl sites for hydroxylation is 1. The predicted octanol–water partition coefficient (Wildman–Crippen LogP) is 2.71. The quantitative estimate of drug-likeness (QED) is 0.803. The number of nitrogens with one attached hydrogen (secondary N) is 1. The fourth-order valence-electron chi connectivity index (χ4n) is 2.27. The van der Waals surface area contributed by atoms with Crippen LogP contribution >= 0.6 is 0 Å². The summed E-state index contributed by atoms with van der Waals surface area (Å²) in [6.07, 6.45) is 1.52. The molecule has 0 bridgehead atoms. The Labute approximate surface area is 121 Å². The summed E-state index contributed by atoms with van der Waals surface area (Å²) in [7, 11) is 0. The number of pyridine rings is 1. The number of fused-ring (bicyclic) bond motifs is 1. The van der Waals surface area contributed by atoms with Gasteiger partial charge in [0.25, 0.3) is 5.91 Å². The molecule has 0 atom stereocenters. The zero-order chi connectivity index (χ0) is 14.8. The molecule has 1 amide bonds.